The number of carbonyl (C=O) groups excluding carboxylic acids is 2. The molecule has 0 saturated carbocycles. The highest BCUT2D eigenvalue weighted by Crippen LogP contribution is 2.41. The van der Waals surface area contributed by atoms with Gasteiger partial charge in [-0.3, -0.25) is 4.79 Å². The minimum absolute atomic E-state index is 0.259. The van der Waals surface area contributed by atoms with Crippen LogP contribution < -0.4 is 0 Å². The first-order chi connectivity index (χ1) is 8.83. The van der Waals surface area contributed by atoms with Gasteiger partial charge in [-0.05, 0) is 19.8 Å². The lowest BCUT2D eigenvalue weighted by Crippen LogP contribution is -2.53. The van der Waals surface area contributed by atoms with Crippen LogP contribution in [0.2, 0.25) is 0 Å². The summed E-state index contributed by atoms with van der Waals surface area (Å²) >= 11 is 0. The van der Waals surface area contributed by atoms with Crippen LogP contribution in [0.1, 0.15) is 40.0 Å². The maximum absolute atomic E-state index is 11.7. The fourth-order valence-corrected chi connectivity index (χ4v) is 2.49. The fourth-order valence-electron chi connectivity index (χ4n) is 2.49. The maximum Gasteiger partial charge on any atom is 0.313 e. The Morgan fingerprint density at radius 2 is 2.11 bits per heavy atom. The van der Waals surface area contributed by atoms with E-state index in [0.29, 0.717) is 6.42 Å². The molecule has 110 valence electrons. The summed E-state index contributed by atoms with van der Waals surface area (Å²) in [7, 11) is 2.87. The quantitative estimate of drug-likeness (QED) is 0.565. The van der Waals surface area contributed by atoms with Crippen molar-refractivity contribution < 1.29 is 23.8 Å². The Morgan fingerprint density at radius 3 is 2.58 bits per heavy atom. The molecule has 5 heteroatoms. The summed E-state index contributed by atoms with van der Waals surface area (Å²) in [6, 6.07) is 0. The lowest BCUT2D eigenvalue weighted by atomic mass is 9.81. The predicted molar refractivity (Wildman–Crippen MR) is 69.5 cm³/mol. The molecule has 0 aromatic heterocycles. The van der Waals surface area contributed by atoms with Gasteiger partial charge in [-0.2, -0.15) is 0 Å². The van der Waals surface area contributed by atoms with Gasteiger partial charge in [0.2, 0.25) is 0 Å². The summed E-state index contributed by atoms with van der Waals surface area (Å²) < 4.78 is 16.3. The predicted octanol–water partition coefficient (Wildman–Crippen LogP) is 1.93. The van der Waals surface area contributed by atoms with Gasteiger partial charge in [0, 0.05) is 18.9 Å². The topological polar surface area (TPSA) is 61.8 Å². The van der Waals surface area contributed by atoms with Crippen LogP contribution in [0.15, 0.2) is 0 Å². The van der Waals surface area contributed by atoms with Gasteiger partial charge in [0.15, 0.2) is 5.79 Å². The van der Waals surface area contributed by atoms with Crippen molar-refractivity contribution >= 4 is 12.3 Å². The minimum Gasteiger partial charge on any atom is -0.469 e. The van der Waals surface area contributed by atoms with Crippen molar-refractivity contribution in [1.29, 1.82) is 0 Å². The molecule has 19 heavy (non-hydrogen) atoms. The molecule has 0 radical (unpaired) electrons. The Hall–Kier alpha value is -0.940. The van der Waals surface area contributed by atoms with Gasteiger partial charge in [0.1, 0.15) is 12.2 Å². The number of rotatable bonds is 5. The van der Waals surface area contributed by atoms with Crippen LogP contribution in [0.4, 0.5) is 0 Å². The fraction of sp³-hybridized carbons (Fsp3) is 0.857. The molecular weight excluding hydrogens is 248 g/mol. The van der Waals surface area contributed by atoms with Crippen molar-refractivity contribution in [2.75, 3.05) is 14.2 Å². The van der Waals surface area contributed by atoms with Gasteiger partial charge in [-0.25, -0.2) is 0 Å². The summed E-state index contributed by atoms with van der Waals surface area (Å²) in [4.78, 5) is 22.9. The number of ether oxygens (including phenoxy) is 3. The van der Waals surface area contributed by atoms with Gasteiger partial charge in [0.25, 0.3) is 0 Å². The third-order valence-electron chi connectivity index (χ3n) is 4.03. The molecule has 0 aromatic rings. The first-order valence-corrected chi connectivity index (χ1v) is 6.60. The van der Waals surface area contributed by atoms with Crippen LogP contribution in [0.3, 0.4) is 0 Å². The van der Waals surface area contributed by atoms with Crippen LogP contribution >= 0.6 is 0 Å². The summed E-state index contributed by atoms with van der Waals surface area (Å²) in [5, 5.41) is 0. The van der Waals surface area contributed by atoms with Crippen molar-refractivity contribution in [3.63, 3.8) is 0 Å². The molecule has 1 heterocycles. The SMILES string of the molecule is COC(=O)C(C)[C@]1(OC)CCC[C@H](C(C)(C)C=O)O1. The van der Waals surface area contributed by atoms with Crippen LogP contribution in [-0.4, -0.2) is 38.4 Å². The van der Waals surface area contributed by atoms with E-state index in [-0.39, 0.29) is 12.1 Å². The number of esters is 1. The molecule has 0 bridgehead atoms. The van der Waals surface area contributed by atoms with E-state index in [2.05, 4.69) is 0 Å². The van der Waals surface area contributed by atoms with Gasteiger partial charge in [-0.1, -0.05) is 13.8 Å². The highest BCUT2D eigenvalue weighted by molar-refractivity contribution is 5.73. The third-order valence-corrected chi connectivity index (χ3v) is 4.03. The van der Waals surface area contributed by atoms with Gasteiger partial charge < -0.3 is 19.0 Å². The lowest BCUT2D eigenvalue weighted by molar-refractivity contribution is -0.302. The normalized spacial score (nSPS) is 29.6. The van der Waals surface area contributed by atoms with Gasteiger partial charge in [0.05, 0.1) is 13.2 Å². The average molecular weight is 272 g/mol. The summed E-state index contributed by atoms with van der Waals surface area (Å²) in [6.07, 6.45) is 2.88. The molecule has 1 aliphatic heterocycles. The largest absolute Gasteiger partial charge is 0.469 e. The van der Waals surface area contributed by atoms with E-state index in [1.807, 2.05) is 13.8 Å². The Morgan fingerprint density at radius 1 is 1.47 bits per heavy atom. The van der Waals surface area contributed by atoms with Crippen molar-refractivity contribution in [3.05, 3.63) is 0 Å². The molecule has 1 rings (SSSR count). The van der Waals surface area contributed by atoms with E-state index in [1.54, 1.807) is 6.92 Å². The molecular formula is C14H24O5. The molecule has 0 spiro atoms. The van der Waals surface area contributed by atoms with E-state index >= 15 is 0 Å². The van der Waals surface area contributed by atoms with E-state index in [0.717, 1.165) is 19.1 Å². The Bertz CT molecular complexity index is 339. The Kier molecular flexibility index (Phi) is 5.10. The second-order valence-corrected chi connectivity index (χ2v) is 5.70. The van der Waals surface area contributed by atoms with Crippen molar-refractivity contribution in [1.82, 2.24) is 0 Å². The second-order valence-electron chi connectivity index (χ2n) is 5.70. The van der Waals surface area contributed by atoms with E-state index in [1.165, 1.54) is 14.2 Å². The number of aldehydes is 1. The minimum atomic E-state index is -1.00. The number of hydrogen-bond acceptors (Lipinski definition) is 5. The Labute approximate surface area is 114 Å². The highest BCUT2D eigenvalue weighted by Gasteiger charge is 2.49. The molecule has 0 amide bonds. The van der Waals surface area contributed by atoms with E-state index in [4.69, 9.17) is 14.2 Å². The second kappa shape index (κ2) is 6.01. The molecule has 1 aliphatic rings. The molecule has 1 unspecified atom stereocenters. The summed E-state index contributed by atoms with van der Waals surface area (Å²) in [5.41, 5.74) is -0.597. The highest BCUT2D eigenvalue weighted by atomic mass is 16.7. The van der Waals surface area contributed by atoms with E-state index in [9.17, 15) is 9.59 Å². The molecule has 1 saturated heterocycles. The first-order valence-electron chi connectivity index (χ1n) is 6.60. The average Bonchev–Trinajstić information content (AvgIpc) is 2.45. The molecule has 3 atom stereocenters. The zero-order valence-electron chi connectivity index (χ0n) is 12.4. The lowest BCUT2D eigenvalue weighted by Gasteiger charge is -2.46. The van der Waals surface area contributed by atoms with Crippen LogP contribution in [0.25, 0.3) is 0 Å². The zero-order chi connectivity index (χ0) is 14.7. The molecule has 1 fully saturated rings. The number of methoxy groups -OCH3 is 2. The molecule has 0 N–H and O–H groups in total. The Balaban J connectivity index is 2.95. The van der Waals surface area contributed by atoms with Crippen molar-refractivity contribution in [2.45, 2.75) is 51.9 Å². The monoisotopic (exact) mass is 272 g/mol. The van der Waals surface area contributed by atoms with Crippen LogP contribution in [0, 0.1) is 11.3 Å². The number of carbonyl (C=O) groups is 2. The third kappa shape index (κ3) is 3.15. The summed E-state index contributed by atoms with van der Waals surface area (Å²) in [5.74, 6) is -1.91. The standard InChI is InChI=1S/C14H24O5/c1-10(12(16)17-4)14(18-5)8-6-7-11(19-14)13(2,3)9-15/h9-11H,6-8H2,1-5H3/t10?,11-,14+/m1/s1. The smallest absolute Gasteiger partial charge is 0.313 e. The van der Waals surface area contributed by atoms with Crippen LogP contribution in [0.5, 0.6) is 0 Å². The van der Waals surface area contributed by atoms with E-state index < -0.39 is 17.1 Å². The maximum atomic E-state index is 11.7. The zero-order valence-corrected chi connectivity index (χ0v) is 12.4. The van der Waals surface area contributed by atoms with Crippen LogP contribution in [-0.2, 0) is 23.8 Å². The molecule has 0 aromatic carbocycles. The summed E-state index contributed by atoms with van der Waals surface area (Å²) in [6.45, 7) is 5.39. The molecule has 5 nitrogen and oxygen atoms in total. The number of hydrogen-bond donors (Lipinski definition) is 0. The molecule has 0 aliphatic carbocycles. The van der Waals surface area contributed by atoms with Crippen molar-refractivity contribution in [2.24, 2.45) is 11.3 Å². The van der Waals surface area contributed by atoms with Crippen molar-refractivity contribution in [3.8, 4) is 0 Å². The van der Waals surface area contributed by atoms with Gasteiger partial charge in [-0.15, -0.1) is 0 Å². The first kappa shape index (κ1) is 16.1. The van der Waals surface area contributed by atoms with Gasteiger partial charge >= 0.3 is 5.97 Å².